The summed E-state index contributed by atoms with van der Waals surface area (Å²) in [7, 11) is 1.63. The fourth-order valence-corrected chi connectivity index (χ4v) is 1.27. The maximum absolute atomic E-state index is 11.8. The van der Waals surface area contributed by atoms with Gasteiger partial charge in [-0.05, 0) is 30.7 Å². The van der Waals surface area contributed by atoms with Gasteiger partial charge in [0.25, 0.3) is 0 Å². The number of carbonyl (C=O) groups is 1. The number of hydrogen-bond acceptors (Lipinski definition) is 2. The Labute approximate surface area is 96.8 Å². The van der Waals surface area contributed by atoms with Gasteiger partial charge in [0.05, 0.1) is 7.11 Å². The molecular weight excluding hydrogens is 202 g/mol. The van der Waals surface area contributed by atoms with Crippen LogP contribution in [0.2, 0.25) is 0 Å². The van der Waals surface area contributed by atoms with Gasteiger partial charge in [0.2, 0.25) is 5.91 Å². The molecular formula is C13H19NO2. The number of hydrogen-bond donors (Lipinski definition) is 1. The van der Waals surface area contributed by atoms with Gasteiger partial charge in [-0.3, -0.25) is 4.79 Å². The van der Waals surface area contributed by atoms with Crippen LogP contribution in [0.25, 0.3) is 0 Å². The molecule has 0 aliphatic heterocycles. The van der Waals surface area contributed by atoms with Gasteiger partial charge >= 0.3 is 0 Å². The number of rotatable bonds is 2. The normalized spacial score (nSPS) is 11.1. The molecule has 1 aromatic carbocycles. The second-order valence-corrected chi connectivity index (χ2v) is 4.89. The van der Waals surface area contributed by atoms with Crippen molar-refractivity contribution in [1.82, 2.24) is 0 Å². The predicted molar refractivity (Wildman–Crippen MR) is 65.8 cm³/mol. The molecule has 0 aliphatic rings. The summed E-state index contributed by atoms with van der Waals surface area (Å²) in [6.45, 7) is 7.61. The van der Waals surface area contributed by atoms with Crippen molar-refractivity contribution in [3.8, 4) is 5.75 Å². The van der Waals surface area contributed by atoms with E-state index in [9.17, 15) is 4.79 Å². The minimum atomic E-state index is -0.381. The molecule has 3 heteroatoms. The van der Waals surface area contributed by atoms with Crippen LogP contribution < -0.4 is 10.1 Å². The third-order valence-corrected chi connectivity index (χ3v) is 2.33. The van der Waals surface area contributed by atoms with Crippen LogP contribution in [0.5, 0.6) is 5.75 Å². The lowest BCUT2D eigenvalue weighted by Crippen LogP contribution is -2.27. The number of methoxy groups -OCH3 is 1. The van der Waals surface area contributed by atoms with Gasteiger partial charge in [0, 0.05) is 11.1 Å². The van der Waals surface area contributed by atoms with E-state index in [0.717, 1.165) is 17.0 Å². The van der Waals surface area contributed by atoms with Crippen LogP contribution in [0.3, 0.4) is 0 Å². The monoisotopic (exact) mass is 221 g/mol. The number of carbonyl (C=O) groups excluding carboxylic acids is 1. The standard InChI is InChI=1S/C13H19NO2/c1-9-8-10(6-7-11(9)16-5)14-12(15)13(2,3)4/h6-8H,1-5H3,(H,14,15). The highest BCUT2D eigenvalue weighted by Crippen LogP contribution is 2.23. The fraction of sp³-hybridized carbons (Fsp3) is 0.462. The van der Waals surface area contributed by atoms with Crippen LogP contribution in [0.4, 0.5) is 5.69 Å². The molecule has 0 bridgehead atoms. The van der Waals surface area contributed by atoms with E-state index >= 15 is 0 Å². The van der Waals surface area contributed by atoms with E-state index in [-0.39, 0.29) is 11.3 Å². The first-order valence-corrected chi connectivity index (χ1v) is 5.30. The highest BCUT2D eigenvalue weighted by molar-refractivity contribution is 5.94. The Morgan fingerprint density at radius 1 is 1.31 bits per heavy atom. The highest BCUT2D eigenvalue weighted by atomic mass is 16.5. The Hall–Kier alpha value is -1.51. The number of aryl methyl sites for hydroxylation is 1. The van der Waals surface area contributed by atoms with Gasteiger partial charge in [-0.25, -0.2) is 0 Å². The first kappa shape index (κ1) is 12.6. The third-order valence-electron chi connectivity index (χ3n) is 2.33. The third kappa shape index (κ3) is 2.99. The molecule has 0 aliphatic carbocycles. The molecule has 1 aromatic rings. The van der Waals surface area contributed by atoms with Crippen LogP contribution in [0.1, 0.15) is 26.3 Å². The Morgan fingerprint density at radius 3 is 2.38 bits per heavy atom. The van der Waals surface area contributed by atoms with Crippen molar-refractivity contribution < 1.29 is 9.53 Å². The van der Waals surface area contributed by atoms with E-state index in [1.807, 2.05) is 45.9 Å². The van der Waals surface area contributed by atoms with Crippen molar-refractivity contribution in [1.29, 1.82) is 0 Å². The summed E-state index contributed by atoms with van der Waals surface area (Å²) >= 11 is 0. The van der Waals surface area contributed by atoms with Crippen molar-refractivity contribution in [2.75, 3.05) is 12.4 Å². The van der Waals surface area contributed by atoms with Crippen LogP contribution in [0, 0.1) is 12.3 Å². The first-order chi connectivity index (χ1) is 7.34. The van der Waals surface area contributed by atoms with Crippen LogP contribution in [-0.2, 0) is 4.79 Å². The largest absolute Gasteiger partial charge is 0.496 e. The summed E-state index contributed by atoms with van der Waals surface area (Å²) < 4.78 is 5.16. The van der Waals surface area contributed by atoms with E-state index in [0.29, 0.717) is 0 Å². The average molecular weight is 221 g/mol. The number of ether oxygens (including phenoxy) is 1. The quantitative estimate of drug-likeness (QED) is 0.833. The van der Waals surface area contributed by atoms with Crippen molar-refractivity contribution in [2.45, 2.75) is 27.7 Å². The zero-order chi connectivity index (χ0) is 12.3. The second-order valence-electron chi connectivity index (χ2n) is 4.89. The summed E-state index contributed by atoms with van der Waals surface area (Å²) in [5.74, 6) is 0.839. The zero-order valence-electron chi connectivity index (χ0n) is 10.5. The van der Waals surface area contributed by atoms with E-state index in [1.165, 1.54) is 0 Å². The molecule has 0 radical (unpaired) electrons. The molecule has 1 amide bonds. The summed E-state index contributed by atoms with van der Waals surface area (Å²) in [5, 5.41) is 2.88. The number of nitrogens with one attached hydrogen (secondary N) is 1. The molecule has 0 saturated carbocycles. The SMILES string of the molecule is COc1ccc(NC(=O)C(C)(C)C)cc1C. The van der Waals surface area contributed by atoms with Gasteiger partial charge in [-0.1, -0.05) is 20.8 Å². The molecule has 16 heavy (non-hydrogen) atoms. The van der Waals surface area contributed by atoms with Gasteiger partial charge in [-0.15, -0.1) is 0 Å². The van der Waals surface area contributed by atoms with Crippen molar-refractivity contribution in [3.05, 3.63) is 23.8 Å². The highest BCUT2D eigenvalue weighted by Gasteiger charge is 2.21. The number of anilines is 1. The Morgan fingerprint density at radius 2 is 1.94 bits per heavy atom. The minimum absolute atomic E-state index is 0.0112. The lowest BCUT2D eigenvalue weighted by atomic mass is 9.95. The molecule has 0 spiro atoms. The van der Waals surface area contributed by atoms with Crippen LogP contribution in [-0.4, -0.2) is 13.0 Å². The lowest BCUT2D eigenvalue weighted by Gasteiger charge is -2.18. The summed E-state index contributed by atoms with van der Waals surface area (Å²) in [4.78, 5) is 11.8. The molecule has 3 nitrogen and oxygen atoms in total. The average Bonchev–Trinajstić information content (AvgIpc) is 2.16. The predicted octanol–water partition coefficient (Wildman–Crippen LogP) is 2.99. The Balaban J connectivity index is 2.84. The summed E-state index contributed by atoms with van der Waals surface area (Å²) in [6, 6.07) is 5.60. The van der Waals surface area contributed by atoms with Crippen LogP contribution >= 0.6 is 0 Å². The van der Waals surface area contributed by atoms with Crippen molar-refractivity contribution in [3.63, 3.8) is 0 Å². The molecule has 0 saturated heterocycles. The topological polar surface area (TPSA) is 38.3 Å². The first-order valence-electron chi connectivity index (χ1n) is 5.30. The fourth-order valence-electron chi connectivity index (χ4n) is 1.27. The molecule has 0 aromatic heterocycles. The smallest absolute Gasteiger partial charge is 0.229 e. The Kier molecular flexibility index (Phi) is 3.58. The van der Waals surface area contributed by atoms with E-state index in [4.69, 9.17) is 4.74 Å². The van der Waals surface area contributed by atoms with Gasteiger partial charge in [-0.2, -0.15) is 0 Å². The van der Waals surface area contributed by atoms with Crippen molar-refractivity contribution >= 4 is 11.6 Å². The molecule has 0 fully saturated rings. The van der Waals surface area contributed by atoms with E-state index in [1.54, 1.807) is 7.11 Å². The lowest BCUT2D eigenvalue weighted by molar-refractivity contribution is -0.123. The number of benzene rings is 1. The molecule has 0 heterocycles. The Bertz CT molecular complexity index is 391. The van der Waals surface area contributed by atoms with E-state index < -0.39 is 0 Å². The molecule has 88 valence electrons. The maximum Gasteiger partial charge on any atom is 0.229 e. The van der Waals surface area contributed by atoms with Crippen LogP contribution in [0.15, 0.2) is 18.2 Å². The van der Waals surface area contributed by atoms with Gasteiger partial charge in [0.15, 0.2) is 0 Å². The van der Waals surface area contributed by atoms with Gasteiger partial charge < -0.3 is 10.1 Å². The molecule has 0 unspecified atom stereocenters. The van der Waals surface area contributed by atoms with E-state index in [2.05, 4.69) is 5.32 Å². The molecule has 1 N–H and O–H groups in total. The zero-order valence-corrected chi connectivity index (χ0v) is 10.5. The molecule has 1 rings (SSSR count). The molecule has 0 atom stereocenters. The summed E-state index contributed by atoms with van der Waals surface area (Å²) in [5.41, 5.74) is 1.43. The summed E-state index contributed by atoms with van der Waals surface area (Å²) in [6.07, 6.45) is 0. The maximum atomic E-state index is 11.8. The minimum Gasteiger partial charge on any atom is -0.496 e. The van der Waals surface area contributed by atoms with Crippen molar-refractivity contribution in [2.24, 2.45) is 5.41 Å². The second kappa shape index (κ2) is 4.56. The van der Waals surface area contributed by atoms with Gasteiger partial charge in [0.1, 0.15) is 5.75 Å². The number of amides is 1.